The Morgan fingerprint density at radius 1 is 1.64 bits per heavy atom. The fraction of sp³-hybridized carbons (Fsp3) is 0.889. The van der Waals surface area contributed by atoms with Crippen LogP contribution in [0.3, 0.4) is 0 Å². The molecule has 5 nitrogen and oxygen atoms in total. The second-order valence-electron chi connectivity index (χ2n) is 3.34. The second kappa shape index (κ2) is 5.95. The molecule has 0 saturated carbocycles. The Morgan fingerprint density at radius 3 is 3.00 bits per heavy atom. The summed E-state index contributed by atoms with van der Waals surface area (Å²) >= 11 is 0. The van der Waals surface area contributed by atoms with E-state index in [-0.39, 0.29) is 18.1 Å². The van der Waals surface area contributed by atoms with Crippen molar-refractivity contribution in [1.29, 1.82) is 0 Å². The van der Waals surface area contributed by atoms with Crippen LogP contribution in [-0.4, -0.2) is 44.9 Å². The van der Waals surface area contributed by atoms with Gasteiger partial charge in [-0.2, -0.15) is 0 Å². The topological polar surface area (TPSA) is 73.6 Å². The normalized spacial score (nSPS) is 26.4. The van der Waals surface area contributed by atoms with Crippen LogP contribution in [-0.2, 0) is 14.3 Å². The number of methoxy groups -OCH3 is 1. The molecule has 82 valence electrons. The van der Waals surface area contributed by atoms with Crippen molar-refractivity contribution in [2.45, 2.75) is 25.0 Å². The molecular weight excluding hydrogens is 184 g/mol. The molecule has 0 aromatic rings. The number of rotatable bonds is 5. The van der Waals surface area contributed by atoms with Crippen molar-refractivity contribution in [3.8, 4) is 0 Å². The molecule has 1 saturated heterocycles. The number of hydrogen-bond acceptors (Lipinski definition) is 4. The van der Waals surface area contributed by atoms with Gasteiger partial charge in [0.2, 0.25) is 5.91 Å². The van der Waals surface area contributed by atoms with Crippen LogP contribution in [0.1, 0.15) is 12.8 Å². The Bertz CT molecular complexity index is 187. The summed E-state index contributed by atoms with van der Waals surface area (Å²) < 4.78 is 10.2. The Balaban J connectivity index is 2.18. The molecule has 14 heavy (non-hydrogen) atoms. The van der Waals surface area contributed by atoms with Crippen LogP contribution in [0.15, 0.2) is 0 Å². The zero-order valence-electron chi connectivity index (χ0n) is 8.49. The lowest BCUT2D eigenvalue weighted by Gasteiger charge is -2.12. The molecule has 2 atom stereocenters. The number of ether oxygens (including phenoxy) is 2. The van der Waals surface area contributed by atoms with Crippen molar-refractivity contribution in [1.82, 2.24) is 5.32 Å². The molecule has 0 unspecified atom stereocenters. The number of nitrogens with two attached hydrogens (primary N) is 1. The van der Waals surface area contributed by atoms with Crippen LogP contribution >= 0.6 is 0 Å². The fourth-order valence-electron chi connectivity index (χ4n) is 1.46. The molecule has 0 aromatic heterocycles. The minimum atomic E-state index is -0.319. The highest BCUT2D eigenvalue weighted by molar-refractivity contribution is 5.80. The molecule has 0 bridgehead atoms. The van der Waals surface area contributed by atoms with Gasteiger partial charge in [0.25, 0.3) is 0 Å². The maximum absolute atomic E-state index is 11.4. The minimum Gasteiger partial charge on any atom is -0.383 e. The third-order valence-electron chi connectivity index (χ3n) is 2.27. The first-order valence-corrected chi connectivity index (χ1v) is 4.90. The lowest BCUT2D eigenvalue weighted by Crippen LogP contribution is -2.37. The van der Waals surface area contributed by atoms with Crippen molar-refractivity contribution in [3.05, 3.63) is 0 Å². The third-order valence-corrected chi connectivity index (χ3v) is 2.27. The Labute approximate surface area is 83.9 Å². The van der Waals surface area contributed by atoms with Gasteiger partial charge in [-0.1, -0.05) is 0 Å². The molecule has 1 rings (SSSR count). The van der Waals surface area contributed by atoms with Gasteiger partial charge in [-0.15, -0.1) is 0 Å². The SMILES string of the molecule is COCCNC(=O)[C@@H]1CC[C@H](CN)O1. The maximum Gasteiger partial charge on any atom is 0.249 e. The third kappa shape index (κ3) is 3.25. The van der Waals surface area contributed by atoms with Crippen molar-refractivity contribution in [2.24, 2.45) is 5.73 Å². The van der Waals surface area contributed by atoms with Gasteiger partial charge in [0.1, 0.15) is 6.10 Å². The molecule has 0 aromatic carbocycles. The molecule has 0 spiro atoms. The standard InChI is InChI=1S/C9H18N2O3/c1-13-5-4-11-9(12)8-3-2-7(6-10)14-8/h7-8H,2-6,10H2,1H3,(H,11,12)/t7-,8+/m1/s1. The molecule has 5 heteroatoms. The van der Waals surface area contributed by atoms with Gasteiger partial charge in [0, 0.05) is 20.2 Å². The summed E-state index contributed by atoms with van der Waals surface area (Å²) in [5, 5.41) is 2.74. The number of nitrogens with one attached hydrogen (secondary N) is 1. The Kier molecular flexibility index (Phi) is 4.86. The molecule has 1 heterocycles. The number of carbonyl (C=O) groups is 1. The summed E-state index contributed by atoms with van der Waals surface area (Å²) in [6.45, 7) is 1.54. The van der Waals surface area contributed by atoms with Crippen LogP contribution < -0.4 is 11.1 Å². The summed E-state index contributed by atoms with van der Waals surface area (Å²) in [5.74, 6) is -0.0574. The largest absolute Gasteiger partial charge is 0.383 e. The highest BCUT2D eigenvalue weighted by atomic mass is 16.5. The molecule has 1 amide bonds. The van der Waals surface area contributed by atoms with E-state index < -0.39 is 0 Å². The van der Waals surface area contributed by atoms with E-state index in [0.717, 1.165) is 12.8 Å². The van der Waals surface area contributed by atoms with E-state index in [2.05, 4.69) is 5.32 Å². The van der Waals surface area contributed by atoms with E-state index in [1.807, 2.05) is 0 Å². The monoisotopic (exact) mass is 202 g/mol. The zero-order valence-corrected chi connectivity index (χ0v) is 8.49. The fourth-order valence-corrected chi connectivity index (χ4v) is 1.46. The first kappa shape index (κ1) is 11.4. The van der Waals surface area contributed by atoms with Crippen molar-refractivity contribution < 1.29 is 14.3 Å². The highest BCUT2D eigenvalue weighted by Crippen LogP contribution is 2.18. The van der Waals surface area contributed by atoms with Crippen LogP contribution in [0.4, 0.5) is 0 Å². The summed E-state index contributed by atoms with van der Waals surface area (Å²) in [5.41, 5.74) is 5.44. The number of hydrogen-bond donors (Lipinski definition) is 2. The molecule has 0 radical (unpaired) electrons. The second-order valence-corrected chi connectivity index (χ2v) is 3.34. The molecule has 0 aliphatic carbocycles. The summed E-state index contributed by atoms with van der Waals surface area (Å²) in [7, 11) is 1.60. The van der Waals surface area contributed by atoms with E-state index in [1.165, 1.54) is 0 Å². The van der Waals surface area contributed by atoms with Gasteiger partial charge >= 0.3 is 0 Å². The number of amides is 1. The van der Waals surface area contributed by atoms with Crippen LogP contribution in [0, 0.1) is 0 Å². The van der Waals surface area contributed by atoms with E-state index in [4.69, 9.17) is 15.2 Å². The van der Waals surface area contributed by atoms with Crippen molar-refractivity contribution in [3.63, 3.8) is 0 Å². The average Bonchev–Trinajstić information content (AvgIpc) is 2.66. The van der Waals surface area contributed by atoms with Gasteiger partial charge in [0.05, 0.1) is 12.7 Å². The predicted octanol–water partition coefficient (Wildman–Crippen LogP) is -0.745. The smallest absolute Gasteiger partial charge is 0.249 e. The molecule has 1 aliphatic heterocycles. The van der Waals surface area contributed by atoms with Crippen molar-refractivity contribution in [2.75, 3.05) is 26.8 Å². The van der Waals surface area contributed by atoms with E-state index >= 15 is 0 Å². The molecule has 1 fully saturated rings. The van der Waals surface area contributed by atoms with Crippen LogP contribution in [0.2, 0.25) is 0 Å². The maximum atomic E-state index is 11.4. The van der Waals surface area contributed by atoms with Crippen molar-refractivity contribution >= 4 is 5.91 Å². The molecular formula is C9H18N2O3. The van der Waals surface area contributed by atoms with E-state index in [0.29, 0.717) is 19.7 Å². The van der Waals surface area contributed by atoms with Gasteiger partial charge in [-0.3, -0.25) is 4.79 Å². The highest BCUT2D eigenvalue weighted by Gasteiger charge is 2.29. The average molecular weight is 202 g/mol. The molecule has 3 N–H and O–H groups in total. The quantitative estimate of drug-likeness (QED) is 0.576. The Hall–Kier alpha value is -0.650. The van der Waals surface area contributed by atoms with Gasteiger partial charge < -0.3 is 20.5 Å². The lowest BCUT2D eigenvalue weighted by molar-refractivity contribution is -0.132. The van der Waals surface area contributed by atoms with Crippen LogP contribution in [0.25, 0.3) is 0 Å². The Morgan fingerprint density at radius 2 is 2.43 bits per heavy atom. The van der Waals surface area contributed by atoms with Gasteiger partial charge in [-0.05, 0) is 12.8 Å². The summed E-state index contributed by atoms with van der Waals surface area (Å²) in [6.07, 6.45) is 1.37. The summed E-state index contributed by atoms with van der Waals surface area (Å²) in [4.78, 5) is 11.4. The zero-order chi connectivity index (χ0) is 10.4. The van der Waals surface area contributed by atoms with Crippen LogP contribution in [0.5, 0.6) is 0 Å². The first-order valence-electron chi connectivity index (χ1n) is 4.90. The van der Waals surface area contributed by atoms with Gasteiger partial charge in [-0.25, -0.2) is 0 Å². The predicted molar refractivity (Wildman–Crippen MR) is 51.8 cm³/mol. The lowest BCUT2D eigenvalue weighted by atomic mass is 10.2. The minimum absolute atomic E-state index is 0.0492. The van der Waals surface area contributed by atoms with Gasteiger partial charge in [0.15, 0.2) is 0 Å². The molecule has 1 aliphatic rings. The first-order chi connectivity index (χ1) is 6.77. The van der Waals surface area contributed by atoms with E-state index in [1.54, 1.807) is 7.11 Å². The van der Waals surface area contributed by atoms with E-state index in [9.17, 15) is 4.79 Å². The summed E-state index contributed by atoms with van der Waals surface area (Å²) in [6, 6.07) is 0. The number of carbonyl (C=O) groups excluding carboxylic acids is 1.